The van der Waals surface area contributed by atoms with Crippen LogP contribution in [-0.4, -0.2) is 18.5 Å². The lowest BCUT2D eigenvalue weighted by Gasteiger charge is -2.20. The maximum Gasteiger partial charge on any atom is 0.315 e. The van der Waals surface area contributed by atoms with Crippen LogP contribution in [0.25, 0.3) is 6.08 Å². The minimum Gasteiger partial charge on any atom is -0.467 e. The largest absolute Gasteiger partial charge is 0.467 e. The highest BCUT2D eigenvalue weighted by Crippen LogP contribution is 2.39. The molecule has 0 amide bonds. The number of fused-ring (bicyclic) bond motifs is 2. The molecule has 2 heterocycles. The molecule has 5 rings (SSSR count). The Labute approximate surface area is 195 Å². The average Bonchev–Trinajstić information content (AvgIpc) is 3.09. The van der Waals surface area contributed by atoms with Crippen LogP contribution >= 0.6 is 11.6 Å². The van der Waals surface area contributed by atoms with Gasteiger partial charge in [0.2, 0.25) is 5.78 Å². The van der Waals surface area contributed by atoms with Gasteiger partial charge in [0.1, 0.15) is 17.2 Å². The third-order valence-corrected chi connectivity index (χ3v) is 5.57. The summed E-state index contributed by atoms with van der Waals surface area (Å²) in [7, 11) is 0. The number of hydrogen-bond acceptors (Lipinski definition) is 6. The summed E-state index contributed by atoms with van der Waals surface area (Å²) in [4.78, 5) is 25.4. The van der Waals surface area contributed by atoms with E-state index in [2.05, 4.69) is 0 Å². The van der Waals surface area contributed by atoms with Crippen LogP contribution in [0.3, 0.4) is 0 Å². The van der Waals surface area contributed by atoms with Crippen molar-refractivity contribution in [2.75, 3.05) is 6.79 Å². The fourth-order valence-corrected chi connectivity index (χ4v) is 4.17. The number of carbonyl (C=O) groups excluding carboxylic acids is 2. The zero-order valence-electron chi connectivity index (χ0n) is 17.7. The van der Waals surface area contributed by atoms with E-state index in [0.717, 1.165) is 11.1 Å². The molecule has 0 saturated carbocycles. The van der Waals surface area contributed by atoms with E-state index in [-0.39, 0.29) is 24.8 Å². The van der Waals surface area contributed by atoms with Crippen LogP contribution in [0.1, 0.15) is 32.6 Å². The molecule has 2 aliphatic rings. The first-order valence-corrected chi connectivity index (χ1v) is 10.7. The van der Waals surface area contributed by atoms with E-state index in [4.69, 9.17) is 30.5 Å². The lowest BCUT2D eigenvalue weighted by atomic mass is 10.0. The first-order valence-electron chi connectivity index (χ1n) is 10.3. The summed E-state index contributed by atoms with van der Waals surface area (Å²) in [5.74, 6) is 0.755. The summed E-state index contributed by atoms with van der Waals surface area (Å²) in [5.41, 5.74) is 3.37. The number of halogens is 1. The van der Waals surface area contributed by atoms with Crippen molar-refractivity contribution in [2.24, 2.45) is 0 Å². The van der Waals surface area contributed by atoms with Crippen LogP contribution in [0, 0.1) is 6.92 Å². The number of carbonyl (C=O) groups is 2. The zero-order chi connectivity index (χ0) is 22.9. The third-order valence-electron chi connectivity index (χ3n) is 5.36. The minimum atomic E-state index is -0.398. The number of Topliss-reactive ketones (excluding diaryl/α,β-unsaturated/α-hetero) is 1. The Kier molecular flexibility index (Phi) is 5.62. The van der Waals surface area contributed by atoms with Gasteiger partial charge in [0.15, 0.2) is 12.6 Å². The van der Waals surface area contributed by atoms with E-state index < -0.39 is 5.97 Å². The normalized spacial score (nSPS) is 15.5. The van der Waals surface area contributed by atoms with Crippen LogP contribution in [0.15, 0.2) is 60.4 Å². The van der Waals surface area contributed by atoms with Gasteiger partial charge >= 0.3 is 5.97 Å². The molecule has 0 aromatic heterocycles. The predicted octanol–water partition coefficient (Wildman–Crippen LogP) is 5.28. The topological polar surface area (TPSA) is 71.1 Å². The van der Waals surface area contributed by atoms with Gasteiger partial charge < -0.3 is 18.9 Å². The van der Waals surface area contributed by atoms with E-state index >= 15 is 0 Å². The van der Waals surface area contributed by atoms with Crippen molar-refractivity contribution in [2.45, 2.75) is 20.0 Å². The van der Waals surface area contributed by atoms with Crippen LogP contribution < -0.4 is 14.2 Å². The Morgan fingerprint density at radius 2 is 1.97 bits per heavy atom. The molecule has 166 valence electrons. The molecule has 0 unspecified atom stereocenters. The van der Waals surface area contributed by atoms with Crippen molar-refractivity contribution in [3.8, 4) is 17.2 Å². The first-order chi connectivity index (χ1) is 16.0. The highest BCUT2D eigenvalue weighted by molar-refractivity contribution is 6.31. The number of aryl methyl sites for hydroxylation is 1. The van der Waals surface area contributed by atoms with Crippen LogP contribution in [-0.2, 0) is 22.6 Å². The molecule has 2 aliphatic heterocycles. The molecule has 0 aliphatic carbocycles. The smallest absolute Gasteiger partial charge is 0.315 e. The minimum absolute atomic E-state index is 0.122. The number of hydrogen-bond donors (Lipinski definition) is 0. The maximum atomic E-state index is 13.1. The van der Waals surface area contributed by atoms with Gasteiger partial charge in [0, 0.05) is 22.2 Å². The number of rotatable bonds is 4. The summed E-state index contributed by atoms with van der Waals surface area (Å²) < 4.78 is 22.3. The lowest BCUT2D eigenvalue weighted by Crippen LogP contribution is -2.12. The number of ether oxygens (including phenoxy) is 4. The summed E-state index contributed by atoms with van der Waals surface area (Å²) in [5, 5.41) is 0.501. The fraction of sp³-hybridized carbons (Fsp3) is 0.154. The fourth-order valence-electron chi connectivity index (χ4n) is 3.92. The van der Waals surface area contributed by atoms with Gasteiger partial charge in [0.05, 0.1) is 18.6 Å². The van der Waals surface area contributed by atoms with Crippen molar-refractivity contribution in [3.05, 3.63) is 93.2 Å². The van der Waals surface area contributed by atoms with E-state index in [1.165, 1.54) is 0 Å². The molecule has 0 radical (unpaired) electrons. The van der Waals surface area contributed by atoms with Gasteiger partial charge in [-0.25, -0.2) is 0 Å². The second kappa shape index (κ2) is 8.73. The number of benzene rings is 3. The molecular formula is C26H19ClO6. The SMILES string of the molecule is Cc1cc(OC(=O)Cc2ccccc2)cc2c1C(=O)/C(=C/c1cc(Cl)cc3c1OCOC3)O2. The van der Waals surface area contributed by atoms with Crippen molar-refractivity contribution in [3.63, 3.8) is 0 Å². The van der Waals surface area contributed by atoms with Crippen molar-refractivity contribution in [1.82, 2.24) is 0 Å². The van der Waals surface area contributed by atoms with Gasteiger partial charge in [-0.3, -0.25) is 9.59 Å². The monoisotopic (exact) mass is 462 g/mol. The van der Waals surface area contributed by atoms with Gasteiger partial charge in [-0.15, -0.1) is 0 Å². The van der Waals surface area contributed by atoms with Crippen molar-refractivity contribution in [1.29, 1.82) is 0 Å². The molecule has 33 heavy (non-hydrogen) atoms. The number of esters is 1. The molecule has 6 nitrogen and oxygen atoms in total. The summed E-state index contributed by atoms with van der Waals surface area (Å²) in [6.45, 7) is 2.27. The Balaban J connectivity index is 1.40. The first kappa shape index (κ1) is 21.2. The quantitative estimate of drug-likeness (QED) is 0.298. The number of allylic oxidation sites excluding steroid dienone is 1. The molecule has 0 bridgehead atoms. The van der Waals surface area contributed by atoms with E-state index in [0.29, 0.717) is 45.6 Å². The van der Waals surface area contributed by atoms with Gasteiger partial charge in [-0.05, 0) is 42.3 Å². The Bertz CT molecular complexity index is 1300. The lowest BCUT2D eigenvalue weighted by molar-refractivity contribution is -0.133. The standard InChI is InChI=1S/C26H19ClO6/c1-15-7-20(32-23(28)8-16-5-3-2-4-6-16)12-21-24(15)25(29)22(33-21)11-17-9-19(27)10-18-13-30-14-31-26(17)18/h2-7,9-12H,8,13-14H2,1H3/b22-11-. The average molecular weight is 463 g/mol. The van der Waals surface area contributed by atoms with Crippen molar-refractivity contribution >= 4 is 29.4 Å². The molecular weight excluding hydrogens is 444 g/mol. The molecule has 7 heteroatoms. The zero-order valence-corrected chi connectivity index (χ0v) is 18.5. The Morgan fingerprint density at radius 1 is 1.15 bits per heavy atom. The van der Waals surface area contributed by atoms with Gasteiger partial charge in [-0.2, -0.15) is 0 Å². The highest BCUT2D eigenvalue weighted by atomic mass is 35.5. The Morgan fingerprint density at radius 3 is 2.79 bits per heavy atom. The maximum absolute atomic E-state index is 13.1. The second-order valence-corrected chi connectivity index (χ2v) is 8.22. The number of ketones is 1. The summed E-state index contributed by atoms with van der Waals surface area (Å²) in [6.07, 6.45) is 1.75. The predicted molar refractivity (Wildman–Crippen MR) is 122 cm³/mol. The third kappa shape index (κ3) is 4.35. The van der Waals surface area contributed by atoms with Crippen LogP contribution in [0.5, 0.6) is 17.2 Å². The molecule has 0 fully saturated rings. The highest BCUT2D eigenvalue weighted by Gasteiger charge is 2.31. The van der Waals surface area contributed by atoms with E-state index in [1.54, 1.807) is 37.3 Å². The Hall–Kier alpha value is -3.61. The summed E-state index contributed by atoms with van der Waals surface area (Å²) >= 11 is 6.23. The molecule has 3 aromatic rings. The molecule has 0 atom stereocenters. The molecule has 0 N–H and O–H groups in total. The van der Waals surface area contributed by atoms with E-state index in [9.17, 15) is 9.59 Å². The van der Waals surface area contributed by atoms with Crippen LogP contribution in [0.4, 0.5) is 0 Å². The van der Waals surface area contributed by atoms with Crippen LogP contribution in [0.2, 0.25) is 5.02 Å². The van der Waals surface area contributed by atoms with Gasteiger partial charge in [0.25, 0.3) is 0 Å². The van der Waals surface area contributed by atoms with E-state index in [1.807, 2.05) is 30.3 Å². The molecule has 3 aromatic carbocycles. The summed E-state index contributed by atoms with van der Waals surface area (Å²) in [6, 6.07) is 16.0. The second-order valence-electron chi connectivity index (χ2n) is 7.78. The van der Waals surface area contributed by atoms with Crippen molar-refractivity contribution < 1.29 is 28.5 Å². The molecule has 0 spiro atoms. The molecule has 0 saturated heterocycles. The van der Waals surface area contributed by atoms with Gasteiger partial charge in [-0.1, -0.05) is 41.9 Å².